The van der Waals surface area contributed by atoms with E-state index in [0.717, 1.165) is 17.8 Å². The molecule has 2 amide bonds. The highest BCUT2D eigenvalue weighted by Crippen LogP contribution is 2.21. The predicted octanol–water partition coefficient (Wildman–Crippen LogP) is 1.59. The highest BCUT2D eigenvalue weighted by molar-refractivity contribution is 7.17. The Morgan fingerprint density at radius 3 is 2.67 bits per heavy atom. The lowest BCUT2D eigenvalue weighted by atomic mass is 10.3. The molecule has 0 saturated heterocycles. The van der Waals surface area contributed by atoms with E-state index in [0.29, 0.717) is 15.8 Å². The van der Waals surface area contributed by atoms with Crippen LogP contribution in [0.1, 0.15) is 29.9 Å². The zero-order valence-corrected chi connectivity index (χ0v) is 13.3. The van der Waals surface area contributed by atoms with Gasteiger partial charge in [-0.15, -0.1) is 11.3 Å². The van der Waals surface area contributed by atoms with Gasteiger partial charge in [-0.3, -0.25) is 9.59 Å². The number of hydrogen-bond acceptors (Lipinski definition) is 5. The van der Waals surface area contributed by atoms with Gasteiger partial charge in [-0.2, -0.15) is 0 Å². The van der Waals surface area contributed by atoms with Crippen molar-refractivity contribution in [3.63, 3.8) is 0 Å². The molecule has 1 rings (SSSR count). The Morgan fingerprint density at radius 2 is 2.10 bits per heavy atom. The minimum atomic E-state index is -0.682. The third-order valence-electron chi connectivity index (χ3n) is 2.43. The fourth-order valence-electron chi connectivity index (χ4n) is 1.38. The summed E-state index contributed by atoms with van der Waals surface area (Å²) in [5.41, 5.74) is 0. The molecule has 1 heterocycles. The summed E-state index contributed by atoms with van der Waals surface area (Å²) >= 11 is 6.77. The van der Waals surface area contributed by atoms with Gasteiger partial charge in [-0.25, -0.2) is 4.79 Å². The summed E-state index contributed by atoms with van der Waals surface area (Å²) in [6.45, 7) is 3.59. The maximum absolute atomic E-state index is 11.6. The first-order chi connectivity index (χ1) is 9.93. The third-order valence-corrected chi connectivity index (χ3v) is 3.64. The largest absolute Gasteiger partial charge is 0.451 e. The van der Waals surface area contributed by atoms with Crippen LogP contribution in [0.25, 0.3) is 0 Å². The topological polar surface area (TPSA) is 84.5 Å². The Labute approximate surface area is 131 Å². The molecule has 2 N–H and O–H groups in total. The van der Waals surface area contributed by atoms with Gasteiger partial charge < -0.3 is 15.4 Å². The number of thiophene rings is 1. The lowest BCUT2D eigenvalue weighted by Crippen LogP contribution is -2.46. The number of nitrogens with one attached hydrogen (secondary N) is 2. The second-order valence-electron chi connectivity index (χ2n) is 4.26. The van der Waals surface area contributed by atoms with Crippen molar-refractivity contribution in [1.29, 1.82) is 0 Å². The molecule has 8 heteroatoms. The summed E-state index contributed by atoms with van der Waals surface area (Å²) in [6, 6.07) is 2.41. The van der Waals surface area contributed by atoms with E-state index in [2.05, 4.69) is 10.6 Å². The summed E-state index contributed by atoms with van der Waals surface area (Å²) in [7, 11) is 0. The molecule has 0 unspecified atom stereocenters. The third kappa shape index (κ3) is 6.14. The van der Waals surface area contributed by atoms with Gasteiger partial charge in [-0.1, -0.05) is 18.5 Å². The van der Waals surface area contributed by atoms with E-state index in [-0.39, 0.29) is 5.91 Å². The van der Waals surface area contributed by atoms with Crippen molar-refractivity contribution in [2.24, 2.45) is 0 Å². The fourth-order valence-corrected chi connectivity index (χ4v) is 2.31. The maximum atomic E-state index is 11.6. The van der Waals surface area contributed by atoms with Crippen LogP contribution >= 0.6 is 22.9 Å². The highest BCUT2D eigenvalue weighted by atomic mass is 35.5. The summed E-state index contributed by atoms with van der Waals surface area (Å²) in [5, 5.41) is 5.11. The first-order valence-electron chi connectivity index (χ1n) is 6.43. The summed E-state index contributed by atoms with van der Waals surface area (Å²) < 4.78 is 5.30. The molecular weight excluding hydrogens is 316 g/mol. The Morgan fingerprint density at radius 1 is 1.38 bits per heavy atom. The van der Waals surface area contributed by atoms with E-state index in [1.54, 1.807) is 13.0 Å². The Balaban J connectivity index is 2.33. The van der Waals surface area contributed by atoms with E-state index in [9.17, 15) is 14.4 Å². The standard InChI is InChI=1S/C13H17ClN2O4S/c1-3-6-15-12(18)8(2)16-11(17)7-20-13(19)9-4-5-10(14)21-9/h4-5,8H,3,6-7H2,1-2H3,(H,15,18)(H,16,17)/t8-/m0/s1. The van der Waals surface area contributed by atoms with E-state index < -0.39 is 24.5 Å². The average Bonchev–Trinajstić information content (AvgIpc) is 2.88. The molecule has 1 aromatic heterocycles. The molecule has 1 atom stereocenters. The number of esters is 1. The fraction of sp³-hybridized carbons (Fsp3) is 0.462. The Hall–Kier alpha value is -1.60. The smallest absolute Gasteiger partial charge is 0.348 e. The van der Waals surface area contributed by atoms with Gasteiger partial charge in [0.05, 0.1) is 4.34 Å². The molecule has 21 heavy (non-hydrogen) atoms. The van der Waals surface area contributed by atoms with Crippen LogP contribution in [0.5, 0.6) is 0 Å². The van der Waals surface area contributed by atoms with Crippen LogP contribution in [-0.4, -0.2) is 37.0 Å². The van der Waals surface area contributed by atoms with E-state index in [4.69, 9.17) is 16.3 Å². The van der Waals surface area contributed by atoms with Crippen molar-refractivity contribution in [3.05, 3.63) is 21.3 Å². The maximum Gasteiger partial charge on any atom is 0.348 e. The van der Waals surface area contributed by atoms with Crippen molar-refractivity contribution < 1.29 is 19.1 Å². The minimum absolute atomic E-state index is 0.276. The number of hydrogen-bond donors (Lipinski definition) is 2. The first kappa shape index (κ1) is 17.5. The summed E-state index contributed by atoms with van der Waals surface area (Å²) in [5.74, 6) is -1.43. The Bertz CT molecular complexity index is 518. The lowest BCUT2D eigenvalue weighted by molar-refractivity contribution is -0.130. The summed E-state index contributed by atoms with van der Waals surface area (Å²) in [6.07, 6.45) is 0.813. The number of carbonyl (C=O) groups excluding carboxylic acids is 3. The van der Waals surface area contributed by atoms with Crippen molar-refractivity contribution in [1.82, 2.24) is 10.6 Å². The molecular formula is C13H17ClN2O4S. The van der Waals surface area contributed by atoms with Crippen molar-refractivity contribution in [2.45, 2.75) is 26.3 Å². The van der Waals surface area contributed by atoms with Crippen molar-refractivity contribution in [2.75, 3.05) is 13.2 Å². The van der Waals surface area contributed by atoms with Crippen LogP contribution in [0.4, 0.5) is 0 Å². The molecule has 6 nitrogen and oxygen atoms in total. The molecule has 0 aliphatic rings. The molecule has 0 fully saturated rings. The molecule has 1 aromatic rings. The van der Waals surface area contributed by atoms with Gasteiger partial charge in [0, 0.05) is 6.54 Å². The molecule has 0 spiro atoms. The Kier molecular flexibility index (Phi) is 7.18. The van der Waals surface area contributed by atoms with Crippen LogP contribution < -0.4 is 10.6 Å². The van der Waals surface area contributed by atoms with Crippen LogP contribution in [0.2, 0.25) is 4.34 Å². The van der Waals surface area contributed by atoms with Gasteiger partial charge in [0.1, 0.15) is 10.9 Å². The molecule has 0 aliphatic carbocycles. The van der Waals surface area contributed by atoms with Crippen molar-refractivity contribution in [3.8, 4) is 0 Å². The van der Waals surface area contributed by atoms with Gasteiger partial charge in [0.2, 0.25) is 5.91 Å². The van der Waals surface area contributed by atoms with Crippen LogP contribution in [0, 0.1) is 0 Å². The monoisotopic (exact) mass is 332 g/mol. The van der Waals surface area contributed by atoms with Gasteiger partial charge >= 0.3 is 5.97 Å². The lowest BCUT2D eigenvalue weighted by Gasteiger charge is -2.13. The molecule has 116 valence electrons. The number of ether oxygens (including phenoxy) is 1. The SMILES string of the molecule is CCCNC(=O)[C@H](C)NC(=O)COC(=O)c1ccc(Cl)s1. The summed E-state index contributed by atoms with van der Waals surface area (Å²) in [4.78, 5) is 35.0. The molecule has 0 bridgehead atoms. The number of carbonyl (C=O) groups is 3. The van der Waals surface area contributed by atoms with E-state index in [1.165, 1.54) is 6.07 Å². The molecule has 0 aliphatic heterocycles. The molecule has 0 saturated carbocycles. The van der Waals surface area contributed by atoms with Crippen LogP contribution in [0.15, 0.2) is 12.1 Å². The number of amides is 2. The zero-order chi connectivity index (χ0) is 15.8. The molecule has 0 radical (unpaired) electrons. The second-order valence-corrected chi connectivity index (χ2v) is 5.98. The van der Waals surface area contributed by atoms with Crippen LogP contribution in [0.3, 0.4) is 0 Å². The van der Waals surface area contributed by atoms with E-state index >= 15 is 0 Å². The first-order valence-corrected chi connectivity index (χ1v) is 7.63. The van der Waals surface area contributed by atoms with Crippen molar-refractivity contribution >= 4 is 40.7 Å². The quantitative estimate of drug-likeness (QED) is 0.743. The number of rotatable bonds is 7. The van der Waals surface area contributed by atoms with Gasteiger partial charge in [0.25, 0.3) is 5.91 Å². The number of halogens is 1. The normalized spacial score (nSPS) is 11.6. The van der Waals surface area contributed by atoms with Gasteiger partial charge in [-0.05, 0) is 25.5 Å². The van der Waals surface area contributed by atoms with E-state index in [1.807, 2.05) is 6.92 Å². The second kappa shape index (κ2) is 8.63. The zero-order valence-electron chi connectivity index (χ0n) is 11.8. The minimum Gasteiger partial charge on any atom is -0.451 e. The van der Waals surface area contributed by atoms with Gasteiger partial charge in [0.15, 0.2) is 6.61 Å². The average molecular weight is 333 g/mol. The predicted molar refractivity (Wildman–Crippen MR) is 80.5 cm³/mol. The molecule has 0 aromatic carbocycles. The van der Waals surface area contributed by atoms with Crippen LogP contribution in [-0.2, 0) is 14.3 Å². The highest BCUT2D eigenvalue weighted by Gasteiger charge is 2.17.